The number of unbranched alkanes of at least 4 members (excludes halogenated alkanes) is 23. The van der Waals surface area contributed by atoms with Gasteiger partial charge in [-0.25, -0.2) is 0 Å². The third kappa shape index (κ3) is 25.4. The van der Waals surface area contributed by atoms with E-state index in [0.29, 0.717) is 12.8 Å². The van der Waals surface area contributed by atoms with E-state index in [1.807, 2.05) is 0 Å². The average Bonchev–Trinajstić information content (AvgIpc) is 3.29. The van der Waals surface area contributed by atoms with Gasteiger partial charge in [-0.05, 0) is 38.5 Å². The Morgan fingerprint density at radius 2 is 0.891 bits per heavy atom. The summed E-state index contributed by atoms with van der Waals surface area (Å²) >= 11 is 0. The van der Waals surface area contributed by atoms with Crippen molar-refractivity contribution in [3.8, 4) is 0 Å². The molecule has 2 aliphatic rings. The summed E-state index contributed by atoms with van der Waals surface area (Å²) in [6.07, 6.45) is 18.1. The van der Waals surface area contributed by atoms with Gasteiger partial charge in [-0.2, -0.15) is 0 Å². The van der Waals surface area contributed by atoms with Crippen molar-refractivity contribution in [3.05, 3.63) is 12.2 Å². The van der Waals surface area contributed by atoms with Crippen LogP contribution in [-0.4, -0.2) is 142 Å². The van der Waals surface area contributed by atoms with E-state index >= 15 is 0 Å². The summed E-state index contributed by atoms with van der Waals surface area (Å²) in [5.74, 6) is -0.920. The molecular weight excluding hydrogens is 829 g/mol. The van der Waals surface area contributed by atoms with Gasteiger partial charge in [0.2, 0.25) is 0 Å². The highest BCUT2D eigenvalue weighted by molar-refractivity contribution is 5.70. The predicted molar refractivity (Wildman–Crippen MR) is 243 cm³/mol. The molecule has 2 fully saturated rings. The Labute approximate surface area is 384 Å². The van der Waals surface area contributed by atoms with Crippen LogP contribution in [0.15, 0.2) is 12.2 Å². The van der Waals surface area contributed by atoms with Gasteiger partial charge in [0.1, 0.15) is 55.4 Å². The van der Waals surface area contributed by atoms with Gasteiger partial charge in [-0.1, -0.05) is 154 Å². The fourth-order valence-electron chi connectivity index (χ4n) is 8.04. The zero-order valence-electron chi connectivity index (χ0n) is 39.5. The quantitative estimate of drug-likeness (QED) is 0.0196. The molecule has 11 atom stereocenters. The lowest BCUT2D eigenvalue weighted by Gasteiger charge is -2.42. The summed E-state index contributed by atoms with van der Waals surface area (Å²) in [5, 5.41) is 72.0. The maximum absolute atomic E-state index is 13.0. The smallest absolute Gasteiger partial charge is 0.306 e. The Balaban J connectivity index is 1.81. The van der Waals surface area contributed by atoms with Crippen LogP contribution in [0, 0.1) is 0 Å². The minimum Gasteiger partial charge on any atom is -0.462 e. The zero-order chi connectivity index (χ0) is 46.8. The predicted octanol–water partition coefficient (Wildman–Crippen LogP) is 6.60. The summed E-state index contributed by atoms with van der Waals surface area (Å²) in [5.41, 5.74) is 0. The van der Waals surface area contributed by atoms with E-state index in [1.165, 1.54) is 109 Å². The number of carbonyl (C=O) groups is 2. The van der Waals surface area contributed by atoms with E-state index in [2.05, 4.69) is 26.0 Å². The molecule has 0 spiro atoms. The lowest BCUT2D eigenvalue weighted by atomic mass is 9.98. The van der Waals surface area contributed by atoms with Gasteiger partial charge in [-0.3, -0.25) is 9.59 Å². The second kappa shape index (κ2) is 37.2. The molecule has 0 amide bonds. The van der Waals surface area contributed by atoms with Crippen LogP contribution < -0.4 is 0 Å². The van der Waals surface area contributed by atoms with E-state index in [9.17, 15) is 45.3 Å². The number of hydrogen-bond donors (Lipinski definition) is 7. The molecule has 2 heterocycles. The number of aliphatic hydroxyl groups excluding tert-OH is 7. The van der Waals surface area contributed by atoms with E-state index in [4.69, 9.17) is 28.4 Å². The van der Waals surface area contributed by atoms with Gasteiger partial charge < -0.3 is 64.2 Å². The molecular formula is C49H90O15. The normalized spacial score (nSPS) is 26.6. The number of hydrogen-bond acceptors (Lipinski definition) is 15. The molecule has 0 bridgehead atoms. The molecule has 0 aliphatic carbocycles. The minimum absolute atomic E-state index is 0.167. The number of carbonyl (C=O) groups excluding carboxylic acids is 2. The SMILES string of the molecule is CCCCCC/C=C/CCCCCCCCCCCC(=O)O[C@H](COC(=O)CCCCCCCCCCCCC)CO[C@H]1O[C@@H](CO[C@H]2O[C@@H](CO)[C@@H](O)C(O)C2O)[C@@H](O)C(O)C1O. The third-order valence-corrected chi connectivity index (χ3v) is 12.2. The monoisotopic (exact) mass is 919 g/mol. The van der Waals surface area contributed by atoms with Crippen molar-refractivity contribution in [1.29, 1.82) is 0 Å². The number of allylic oxidation sites excluding steroid dienone is 2. The number of aliphatic hydroxyl groups is 7. The van der Waals surface area contributed by atoms with Gasteiger partial charge in [0.25, 0.3) is 0 Å². The average molecular weight is 919 g/mol. The van der Waals surface area contributed by atoms with Crippen molar-refractivity contribution >= 4 is 11.9 Å². The van der Waals surface area contributed by atoms with Gasteiger partial charge >= 0.3 is 11.9 Å². The second-order valence-electron chi connectivity index (χ2n) is 18.0. The van der Waals surface area contributed by atoms with Crippen molar-refractivity contribution in [3.63, 3.8) is 0 Å². The van der Waals surface area contributed by atoms with Crippen LogP contribution in [-0.2, 0) is 38.0 Å². The van der Waals surface area contributed by atoms with Crippen LogP contribution in [0.2, 0.25) is 0 Å². The maximum Gasteiger partial charge on any atom is 0.306 e. The molecule has 2 aliphatic heterocycles. The van der Waals surface area contributed by atoms with Crippen LogP contribution in [0.1, 0.15) is 194 Å². The summed E-state index contributed by atoms with van der Waals surface area (Å²) < 4.78 is 33.5. The Bertz CT molecular complexity index is 1170. The molecule has 0 aromatic carbocycles. The van der Waals surface area contributed by atoms with E-state index in [1.54, 1.807) is 0 Å². The molecule has 0 aromatic heterocycles. The molecule has 376 valence electrons. The number of esters is 2. The van der Waals surface area contributed by atoms with Crippen molar-refractivity contribution in [2.75, 3.05) is 26.4 Å². The largest absolute Gasteiger partial charge is 0.462 e. The Morgan fingerprint density at radius 1 is 0.484 bits per heavy atom. The Hall–Kier alpha value is -1.76. The van der Waals surface area contributed by atoms with Crippen molar-refractivity contribution in [2.45, 2.75) is 261 Å². The summed E-state index contributed by atoms with van der Waals surface area (Å²) in [6, 6.07) is 0. The highest BCUT2D eigenvalue weighted by atomic mass is 16.7. The lowest BCUT2D eigenvalue weighted by Crippen LogP contribution is -2.61. The standard InChI is InChI=1S/C49H90O15/c1-3-5-7-9-11-13-15-16-17-18-19-20-22-24-26-28-30-32-41(52)62-37(34-59-40(51)31-29-27-25-23-21-14-12-10-8-6-4-2)35-60-48-47(58)45(56)43(54)39(64-48)36-61-49-46(57)44(55)42(53)38(33-50)63-49/h13,15,37-39,42-50,53-58H,3-12,14,16-36H2,1-2H3/b15-13+/t37-,38+,39+,42-,43-,44?,45?,46?,47?,48+,49+/m1/s1. The fourth-order valence-corrected chi connectivity index (χ4v) is 8.04. The van der Waals surface area contributed by atoms with Crippen molar-refractivity contribution < 1.29 is 73.8 Å². The molecule has 15 heteroatoms. The first-order valence-electron chi connectivity index (χ1n) is 25.3. The molecule has 2 rings (SSSR count). The number of rotatable bonds is 39. The molecule has 2 saturated heterocycles. The summed E-state index contributed by atoms with van der Waals surface area (Å²) in [4.78, 5) is 25.7. The first-order valence-corrected chi connectivity index (χ1v) is 25.3. The molecule has 4 unspecified atom stereocenters. The highest BCUT2D eigenvalue weighted by Crippen LogP contribution is 2.26. The maximum atomic E-state index is 13.0. The van der Waals surface area contributed by atoms with Gasteiger partial charge in [0.05, 0.1) is 19.8 Å². The molecule has 0 aromatic rings. The van der Waals surface area contributed by atoms with E-state index < -0.39 is 92.7 Å². The van der Waals surface area contributed by atoms with Gasteiger partial charge in [0, 0.05) is 12.8 Å². The molecule has 0 radical (unpaired) electrons. The van der Waals surface area contributed by atoms with Crippen LogP contribution in [0.25, 0.3) is 0 Å². The number of ether oxygens (including phenoxy) is 6. The van der Waals surface area contributed by atoms with Gasteiger partial charge in [0.15, 0.2) is 18.7 Å². The van der Waals surface area contributed by atoms with E-state index in [-0.39, 0.29) is 26.1 Å². The van der Waals surface area contributed by atoms with Crippen LogP contribution in [0.3, 0.4) is 0 Å². The zero-order valence-corrected chi connectivity index (χ0v) is 39.5. The van der Waals surface area contributed by atoms with Crippen LogP contribution in [0.4, 0.5) is 0 Å². The second-order valence-corrected chi connectivity index (χ2v) is 18.0. The van der Waals surface area contributed by atoms with E-state index in [0.717, 1.165) is 44.9 Å². The first kappa shape index (κ1) is 58.4. The third-order valence-electron chi connectivity index (χ3n) is 12.2. The van der Waals surface area contributed by atoms with Crippen LogP contribution >= 0.6 is 0 Å². The Morgan fingerprint density at radius 3 is 1.39 bits per heavy atom. The van der Waals surface area contributed by atoms with Gasteiger partial charge in [-0.15, -0.1) is 0 Å². The molecule has 15 nitrogen and oxygen atoms in total. The lowest BCUT2D eigenvalue weighted by molar-refractivity contribution is -0.332. The van der Waals surface area contributed by atoms with Crippen molar-refractivity contribution in [1.82, 2.24) is 0 Å². The minimum atomic E-state index is -1.76. The molecule has 64 heavy (non-hydrogen) atoms. The topological polar surface area (TPSA) is 231 Å². The Kier molecular flexibility index (Phi) is 34.0. The van der Waals surface area contributed by atoms with Crippen LogP contribution in [0.5, 0.6) is 0 Å². The summed E-state index contributed by atoms with van der Waals surface area (Å²) in [7, 11) is 0. The molecule has 0 saturated carbocycles. The van der Waals surface area contributed by atoms with Crippen molar-refractivity contribution in [2.24, 2.45) is 0 Å². The summed E-state index contributed by atoms with van der Waals surface area (Å²) in [6.45, 7) is 2.58. The molecule has 7 N–H and O–H groups in total. The highest BCUT2D eigenvalue weighted by Gasteiger charge is 2.47. The fraction of sp³-hybridized carbons (Fsp3) is 0.918. The first-order chi connectivity index (χ1) is 31.0.